The molecule has 0 unspecified atom stereocenters. The van der Waals surface area contributed by atoms with Crippen molar-refractivity contribution in [1.29, 1.82) is 0 Å². The van der Waals surface area contributed by atoms with Crippen molar-refractivity contribution >= 4 is 80.0 Å². The number of ether oxygens (including phenoxy) is 1. The zero-order chi connectivity index (χ0) is 34.9. The van der Waals surface area contributed by atoms with Gasteiger partial charge in [-0.25, -0.2) is 9.07 Å². The molecule has 0 aliphatic carbocycles. The van der Waals surface area contributed by atoms with Crippen LogP contribution < -0.4 is 9.80 Å². The predicted molar refractivity (Wildman–Crippen MR) is 195 cm³/mol. The highest BCUT2D eigenvalue weighted by Crippen LogP contribution is 2.37. The van der Waals surface area contributed by atoms with Gasteiger partial charge < -0.3 is 19.4 Å². The Labute approximate surface area is 311 Å². The van der Waals surface area contributed by atoms with Gasteiger partial charge in [0.2, 0.25) is 0 Å². The predicted octanol–water partition coefficient (Wildman–Crippen LogP) is 7.74. The first-order chi connectivity index (χ1) is 23.4. The second-order valence-corrected chi connectivity index (χ2v) is 14.2. The molecule has 3 aromatic carbocycles. The molecule has 3 aliphatic rings. The molecule has 1 saturated heterocycles. The van der Waals surface area contributed by atoms with E-state index in [1.807, 2.05) is 29.2 Å². The number of aromatic nitrogens is 2. The fourth-order valence-electron chi connectivity index (χ4n) is 5.85. The zero-order valence-corrected chi connectivity index (χ0v) is 30.8. The third-order valence-electron chi connectivity index (χ3n) is 8.22. The van der Waals surface area contributed by atoms with Gasteiger partial charge in [-0.05, 0) is 125 Å². The molecule has 49 heavy (non-hydrogen) atoms. The van der Waals surface area contributed by atoms with E-state index in [9.17, 15) is 27.2 Å². The van der Waals surface area contributed by atoms with E-state index in [4.69, 9.17) is 16.3 Å². The molecule has 4 aromatic rings. The third-order valence-corrected chi connectivity index (χ3v) is 9.94. The number of fused-ring (bicyclic) bond motifs is 1. The quantitative estimate of drug-likeness (QED) is 0.155. The molecule has 0 saturated carbocycles. The summed E-state index contributed by atoms with van der Waals surface area (Å²) in [5, 5.41) is 3.38. The van der Waals surface area contributed by atoms with Gasteiger partial charge in [0.05, 0.1) is 29.6 Å². The maximum atomic E-state index is 13.6. The van der Waals surface area contributed by atoms with E-state index in [1.54, 1.807) is 24.3 Å². The van der Waals surface area contributed by atoms with Gasteiger partial charge in [-0.2, -0.15) is 18.3 Å². The standard InChI is InChI=1S/C19H11ClF4IN3O.C15H17IN2O2/c20-14-9-12(5-6-15(14)21)28-16-13(17(26-28)19(22,23)24)7-8-27(18(16)29)11-3-1-10(25)2-4-11;16-12-3-5-13(6-4-12)18-7-1-2-14(15(18)19)17-8-10-20-11-9-17/h1-6,9H,7-8H2;2-6H,1,7-11H2. The van der Waals surface area contributed by atoms with Crippen LogP contribution in [-0.2, 0) is 22.1 Å². The Morgan fingerprint density at radius 1 is 0.776 bits per heavy atom. The van der Waals surface area contributed by atoms with Crippen LogP contribution in [0.5, 0.6) is 0 Å². The summed E-state index contributed by atoms with van der Waals surface area (Å²) in [5.74, 6) is -1.23. The number of amides is 2. The number of halogens is 7. The van der Waals surface area contributed by atoms with Crippen molar-refractivity contribution in [2.75, 3.05) is 49.2 Å². The Morgan fingerprint density at radius 3 is 1.92 bits per heavy atom. The number of morpholine rings is 1. The molecule has 7 rings (SSSR count). The lowest BCUT2D eigenvalue weighted by Gasteiger charge is -2.35. The Morgan fingerprint density at radius 2 is 1.35 bits per heavy atom. The van der Waals surface area contributed by atoms with Crippen molar-refractivity contribution in [1.82, 2.24) is 14.7 Å². The summed E-state index contributed by atoms with van der Waals surface area (Å²) in [6.45, 7) is 3.86. The minimum Gasteiger partial charge on any atom is -0.378 e. The number of anilines is 2. The Hall–Kier alpha value is -3.22. The van der Waals surface area contributed by atoms with Crippen LogP contribution in [0.25, 0.3) is 5.69 Å². The number of hydrogen-bond donors (Lipinski definition) is 0. The van der Waals surface area contributed by atoms with E-state index < -0.39 is 23.6 Å². The molecule has 1 aromatic heterocycles. The summed E-state index contributed by atoms with van der Waals surface area (Å²) in [6, 6.07) is 18.6. The first-order valence-corrected chi connectivity index (χ1v) is 17.8. The van der Waals surface area contributed by atoms with Crippen molar-refractivity contribution < 1.29 is 31.9 Å². The summed E-state index contributed by atoms with van der Waals surface area (Å²) in [7, 11) is 0. The topological polar surface area (TPSA) is 70.9 Å². The smallest absolute Gasteiger partial charge is 0.378 e. The number of rotatable bonds is 4. The number of carbonyl (C=O) groups is 2. The number of nitrogens with zero attached hydrogens (tertiary/aromatic N) is 5. The van der Waals surface area contributed by atoms with Crippen LogP contribution in [0.4, 0.5) is 28.9 Å². The number of alkyl halides is 3. The third kappa shape index (κ3) is 7.76. The van der Waals surface area contributed by atoms with Gasteiger partial charge in [0.1, 0.15) is 11.5 Å². The Bertz CT molecular complexity index is 1900. The summed E-state index contributed by atoms with van der Waals surface area (Å²) in [5.41, 5.74) is 0.950. The van der Waals surface area contributed by atoms with Gasteiger partial charge >= 0.3 is 6.18 Å². The molecular weight excluding hydrogens is 892 g/mol. The largest absolute Gasteiger partial charge is 0.435 e. The molecule has 15 heteroatoms. The van der Waals surface area contributed by atoms with Crippen molar-refractivity contribution in [3.8, 4) is 5.69 Å². The highest BCUT2D eigenvalue weighted by molar-refractivity contribution is 14.1. The Balaban J connectivity index is 0.000000182. The summed E-state index contributed by atoms with van der Waals surface area (Å²) >= 11 is 10.2. The first-order valence-electron chi connectivity index (χ1n) is 15.2. The van der Waals surface area contributed by atoms with Gasteiger partial charge in [-0.3, -0.25) is 9.59 Å². The molecule has 2 amide bonds. The molecule has 8 nitrogen and oxygen atoms in total. The van der Waals surface area contributed by atoms with Gasteiger partial charge in [-0.1, -0.05) is 17.7 Å². The highest BCUT2D eigenvalue weighted by atomic mass is 127. The zero-order valence-electron chi connectivity index (χ0n) is 25.7. The van der Waals surface area contributed by atoms with Crippen LogP contribution in [0.15, 0.2) is 78.5 Å². The number of carbonyl (C=O) groups excluding carboxylic acids is 2. The molecule has 0 bridgehead atoms. The maximum Gasteiger partial charge on any atom is 0.435 e. The number of benzene rings is 3. The van der Waals surface area contributed by atoms with E-state index >= 15 is 0 Å². The summed E-state index contributed by atoms with van der Waals surface area (Å²) in [6.07, 6.45) is -1.78. The van der Waals surface area contributed by atoms with Gasteiger partial charge in [-0.15, -0.1) is 0 Å². The fraction of sp³-hybridized carbons (Fsp3) is 0.265. The van der Waals surface area contributed by atoms with Gasteiger partial charge in [0.15, 0.2) is 5.69 Å². The fourth-order valence-corrected chi connectivity index (χ4v) is 6.75. The minimum absolute atomic E-state index is 0.0170. The maximum absolute atomic E-state index is 13.6. The lowest BCUT2D eigenvalue weighted by molar-refractivity contribution is -0.142. The van der Waals surface area contributed by atoms with Crippen molar-refractivity contribution in [2.45, 2.75) is 19.0 Å². The second-order valence-electron chi connectivity index (χ2n) is 11.3. The van der Waals surface area contributed by atoms with Crippen LogP contribution in [-0.4, -0.2) is 65.9 Å². The first kappa shape index (κ1) is 35.6. The highest BCUT2D eigenvalue weighted by Gasteiger charge is 2.43. The van der Waals surface area contributed by atoms with Gasteiger partial charge in [0, 0.05) is 50.3 Å². The van der Waals surface area contributed by atoms with E-state index in [0.717, 1.165) is 57.8 Å². The Kier molecular flexibility index (Phi) is 10.9. The van der Waals surface area contributed by atoms with Crippen LogP contribution in [0, 0.1) is 13.0 Å². The molecule has 0 atom stereocenters. The molecule has 0 spiro atoms. The van der Waals surface area contributed by atoms with E-state index in [2.05, 4.69) is 61.3 Å². The van der Waals surface area contributed by atoms with Crippen LogP contribution >= 0.6 is 56.8 Å². The second kappa shape index (κ2) is 14.9. The SMILES string of the molecule is O=C1C(N2CCOCC2)=CCCN1c1ccc(I)cc1.O=C1c2c(c(C(F)(F)F)nn2-c2ccc(F)c(Cl)c2)CCN1c1ccc(I)cc1. The van der Waals surface area contributed by atoms with E-state index in [1.165, 1.54) is 14.5 Å². The molecule has 0 radical (unpaired) electrons. The molecule has 1 fully saturated rings. The molecule has 0 N–H and O–H groups in total. The van der Waals surface area contributed by atoms with Crippen LogP contribution in [0.1, 0.15) is 28.2 Å². The molecular formula is C34H28ClF4I2N5O3. The van der Waals surface area contributed by atoms with Gasteiger partial charge in [0.25, 0.3) is 11.8 Å². The molecule has 4 heterocycles. The lowest BCUT2D eigenvalue weighted by Crippen LogP contribution is -2.45. The van der Waals surface area contributed by atoms with Crippen molar-refractivity contribution in [3.63, 3.8) is 0 Å². The average Bonchev–Trinajstić information content (AvgIpc) is 3.50. The molecule has 256 valence electrons. The lowest BCUT2D eigenvalue weighted by atomic mass is 10.0. The van der Waals surface area contributed by atoms with E-state index in [0.29, 0.717) is 18.9 Å². The van der Waals surface area contributed by atoms with Crippen molar-refractivity contribution in [3.05, 3.63) is 113 Å². The average molecular weight is 920 g/mol. The minimum atomic E-state index is -4.73. The number of hydrogen-bond acceptors (Lipinski definition) is 5. The van der Waals surface area contributed by atoms with Crippen LogP contribution in [0.3, 0.4) is 0 Å². The summed E-state index contributed by atoms with van der Waals surface area (Å²) in [4.78, 5) is 31.3. The van der Waals surface area contributed by atoms with Crippen LogP contribution in [0.2, 0.25) is 5.02 Å². The molecule has 3 aliphatic heterocycles. The summed E-state index contributed by atoms with van der Waals surface area (Å²) < 4.78 is 62.6. The van der Waals surface area contributed by atoms with E-state index in [-0.39, 0.29) is 40.8 Å². The normalized spacial score (nSPS) is 16.6. The monoisotopic (exact) mass is 919 g/mol. The van der Waals surface area contributed by atoms with Crippen molar-refractivity contribution in [2.24, 2.45) is 0 Å².